The molecule has 0 saturated carbocycles. The van der Waals surface area contributed by atoms with E-state index in [1.807, 2.05) is 0 Å². The third kappa shape index (κ3) is 4.22. The van der Waals surface area contributed by atoms with Gasteiger partial charge in [-0.05, 0) is 30.9 Å². The lowest BCUT2D eigenvalue weighted by molar-refractivity contribution is 0.385. The first kappa shape index (κ1) is 12.4. The highest BCUT2D eigenvalue weighted by atomic mass is 32.2. The minimum atomic E-state index is 0.720. The molecule has 1 nitrogen and oxygen atoms in total. The van der Waals surface area contributed by atoms with E-state index < -0.39 is 0 Å². The van der Waals surface area contributed by atoms with Gasteiger partial charge in [-0.3, -0.25) is 0 Å². The Kier molecular flexibility index (Phi) is 5.95. The second-order valence-electron chi connectivity index (χ2n) is 4.66. The Morgan fingerprint density at radius 2 is 2.14 bits per heavy atom. The van der Waals surface area contributed by atoms with Gasteiger partial charge >= 0.3 is 0 Å². The van der Waals surface area contributed by atoms with Crippen molar-refractivity contribution in [3.63, 3.8) is 0 Å². The monoisotopic (exact) mass is 215 g/mol. The third-order valence-electron chi connectivity index (χ3n) is 3.13. The van der Waals surface area contributed by atoms with Crippen molar-refractivity contribution in [3.05, 3.63) is 0 Å². The number of rotatable bonds is 5. The fourth-order valence-corrected chi connectivity index (χ4v) is 3.35. The van der Waals surface area contributed by atoms with Crippen molar-refractivity contribution in [1.82, 2.24) is 5.32 Å². The highest BCUT2D eigenvalue weighted by Gasteiger charge is 2.16. The molecule has 0 amide bonds. The largest absolute Gasteiger partial charge is 0.313 e. The van der Waals surface area contributed by atoms with Gasteiger partial charge in [0.25, 0.3) is 0 Å². The predicted molar refractivity (Wildman–Crippen MR) is 67.0 cm³/mol. The van der Waals surface area contributed by atoms with Crippen molar-refractivity contribution in [2.75, 3.05) is 12.3 Å². The Labute approximate surface area is 93.4 Å². The molecule has 2 unspecified atom stereocenters. The number of hydrogen-bond acceptors (Lipinski definition) is 2. The smallest absolute Gasteiger partial charge is 0.0172 e. The number of nitrogens with one attached hydrogen (secondary N) is 1. The molecule has 1 heterocycles. The van der Waals surface area contributed by atoms with Gasteiger partial charge in [-0.2, -0.15) is 11.8 Å². The summed E-state index contributed by atoms with van der Waals surface area (Å²) in [6.45, 7) is 8.14. The van der Waals surface area contributed by atoms with Crippen molar-refractivity contribution >= 4 is 11.8 Å². The van der Waals surface area contributed by atoms with E-state index in [0.29, 0.717) is 0 Å². The molecule has 1 N–H and O–H groups in total. The SMILES string of the molecule is CCC(NCC1CCCCS1)C(C)C. The molecular weight excluding hydrogens is 190 g/mol. The van der Waals surface area contributed by atoms with Gasteiger partial charge in [-0.15, -0.1) is 0 Å². The topological polar surface area (TPSA) is 12.0 Å². The predicted octanol–water partition coefficient (Wildman–Crippen LogP) is 3.30. The summed E-state index contributed by atoms with van der Waals surface area (Å²) >= 11 is 2.16. The van der Waals surface area contributed by atoms with Crippen LogP contribution in [-0.4, -0.2) is 23.6 Å². The summed E-state index contributed by atoms with van der Waals surface area (Å²) in [6.07, 6.45) is 5.56. The van der Waals surface area contributed by atoms with Crippen LogP contribution in [0.1, 0.15) is 46.5 Å². The number of thioether (sulfide) groups is 1. The minimum absolute atomic E-state index is 0.720. The molecular formula is C12H25NS. The maximum atomic E-state index is 3.72. The first-order valence-corrected chi connectivity index (χ1v) is 7.14. The van der Waals surface area contributed by atoms with Gasteiger partial charge in [0.15, 0.2) is 0 Å². The Balaban J connectivity index is 2.16. The van der Waals surface area contributed by atoms with E-state index in [1.54, 1.807) is 0 Å². The van der Waals surface area contributed by atoms with E-state index in [9.17, 15) is 0 Å². The van der Waals surface area contributed by atoms with Crippen molar-refractivity contribution in [2.24, 2.45) is 5.92 Å². The van der Waals surface area contributed by atoms with Gasteiger partial charge in [-0.1, -0.05) is 27.2 Å². The van der Waals surface area contributed by atoms with Crippen LogP contribution in [0.3, 0.4) is 0 Å². The zero-order valence-electron chi connectivity index (χ0n) is 9.88. The van der Waals surface area contributed by atoms with Crippen molar-refractivity contribution in [3.8, 4) is 0 Å². The summed E-state index contributed by atoms with van der Waals surface area (Å²) in [5, 5.41) is 4.60. The zero-order chi connectivity index (χ0) is 10.4. The fraction of sp³-hybridized carbons (Fsp3) is 1.00. The van der Waals surface area contributed by atoms with E-state index in [-0.39, 0.29) is 0 Å². The van der Waals surface area contributed by atoms with Crippen LogP contribution in [0.25, 0.3) is 0 Å². The molecule has 0 aromatic carbocycles. The van der Waals surface area contributed by atoms with Crippen molar-refractivity contribution in [1.29, 1.82) is 0 Å². The molecule has 1 aliphatic rings. The second-order valence-corrected chi connectivity index (χ2v) is 6.06. The van der Waals surface area contributed by atoms with E-state index in [0.717, 1.165) is 17.2 Å². The van der Waals surface area contributed by atoms with Crippen molar-refractivity contribution in [2.45, 2.75) is 57.7 Å². The van der Waals surface area contributed by atoms with E-state index in [2.05, 4.69) is 37.8 Å². The summed E-state index contributed by atoms with van der Waals surface area (Å²) in [6, 6.07) is 0.720. The molecule has 1 aliphatic heterocycles. The summed E-state index contributed by atoms with van der Waals surface area (Å²) in [4.78, 5) is 0. The zero-order valence-corrected chi connectivity index (χ0v) is 10.7. The average molecular weight is 215 g/mol. The molecule has 0 aromatic heterocycles. The lowest BCUT2D eigenvalue weighted by Crippen LogP contribution is -2.38. The fourth-order valence-electron chi connectivity index (χ4n) is 2.10. The normalized spacial score (nSPS) is 25.3. The van der Waals surface area contributed by atoms with Gasteiger partial charge in [0.1, 0.15) is 0 Å². The van der Waals surface area contributed by atoms with Gasteiger partial charge in [0.2, 0.25) is 0 Å². The maximum absolute atomic E-state index is 3.72. The standard InChI is InChI=1S/C12H25NS/c1-4-12(10(2)3)13-9-11-7-5-6-8-14-11/h10-13H,4-9H2,1-3H3. The summed E-state index contributed by atoms with van der Waals surface area (Å²) in [5.74, 6) is 2.15. The minimum Gasteiger partial charge on any atom is -0.313 e. The highest BCUT2D eigenvalue weighted by Crippen LogP contribution is 2.24. The van der Waals surface area contributed by atoms with Crippen LogP contribution in [0.4, 0.5) is 0 Å². The van der Waals surface area contributed by atoms with Crippen LogP contribution < -0.4 is 5.32 Å². The molecule has 2 heteroatoms. The molecule has 0 radical (unpaired) electrons. The Morgan fingerprint density at radius 1 is 1.36 bits per heavy atom. The first-order chi connectivity index (χ1) is 6.74. The maximum Gasteiger partial charge on any atom is 0.0172 e. The molecule has 2 atom stereocenters. The van der Waals surface area contributed by atoms with E-state index >= 15 is 0 Å². The molecule has 0 bridgehead atoms. The molecule has 1 rings (SSSR count). The van der Waals surface area contributed by atoms with Crippen molar-refractivity contribution < 1.29 is 0 Å². The molecule has 84 valence electrons. The van der Waals surface area contributed by atoms with Crippen LogP contribution >= 0.6 is 11.8 Å². The molecule has 1 saturated heterocycles. The highest BCUT2D eigenvalue weighted by molar-refractivity contribution is 7.99. The van der Waals surface area contributed by atoms with Gasteiger partial charge in [-0.25, -0.2) is 0 Å². The Morgan fingerprint density at radius 3 is 2.64 bits per heavy atom. The number of hydrogen-bond donors (Lipinski definition) is 1. The molecule has 0 spiro atoms. The van der Waals surface area contributed by atoms with Crippen LogP contribution in [0.15, 0.2) is 0 Å². The Bertz CT molecular complexity index is 141. The van der Waals surface area contributed by atoms with Crippen LogP contribution in [-0.2, 0) is 0 Å². The van der Waals surface area contributed by atoms with Crippen LogP contribution in [0, 0.1) is 5.92 Å². The lowest BCUT2D eigenvalue weighted by Gasteiger charge is -2.26. The first-order valence-electron chi connectivity index (χ1n) is 6.09. The molecule has 1 fully saturated rings. The van der Waals surface area contributed by atoms with Gasteiger partial charge in [0, 0.05) is 17.8 Å². The van der Waals surface area contributed by atoms with E-state index in [4.69, 9.17) is 0 Å². The molecule has 14 heavy (non-hydrogen) atoms. The summed E-state index contributed by atoms with van der Waals surface area (Å²) in [5.41, 5.74) is 0. The summed E-state index contributed by atoms with van der Waals surface area (Å²) < 4.78 is 0. The molecule has 0 aliphatic carbocycles. The average Bonchev–Trinajstić information content (AvgIpc) is 2.20. The van der Waals surface area contributed by atoms with Gasteiger partial charge in [0.05, 0.1) is 0 Å². The van der Waals surface area contributed by atoms with Crippen LogP contribution in [0.5, 0.6) is 0 Å². The Hall–Kier alpha value is 0.310. The summed E-state index contributed by atoms with van der Waals surface area (Å²) in [7, 11) is 0. The van der Waals surface area contributed by atoms with E-state index in [1.165, 1.54) is 38.0 Å². The molecule has 0 aromatic rings. The second kappa shape index (κ2) is 6.73. The van der Waals surface area contributed by atoms with Crippen LogP contribution in [0.2, 0.25) is 0 Å². The van der Waals surface area contributed by atoms with Gasteiger partial charge < -0.3 is 5.32 Å². The lowest BCUT2D eigenvalue weighted by atomic mass is 10.0. The quantitative estimate of drug-likeness (QED) is 0.755. The third-order valence-corrected chi connectivity index (χ3v) is 4.52.